The highest BCUT2D eigenvalue weighted by Crippen LogP contribution is 2.39. The van der Waals surface area contributed by atoms with Crippen LogP contribution in [0.5, 0.6) is 11.5 Å². The van der Waals surface area contributed by atoms with Gasteiger partial charge in [-0.3, -0.25) is 0 Å². The van der Waals surface area contributed by atoms with Crippen molar-refractivity contribution in [1.82, 2.24) is 0 Å². The number of methoxy groups -OCH3 is 2. The van der Waals surface area contributed by atoms with Gasteiger partial charge in [0.25, 0.3) is 0 Å². The van der Waals surface area contributed by atoms with E-state index in [9.17, 15) is 0 Å². The van der Waals surface area contributed by atoms with Crippen LogP contribution >= 0.6 is 47.8 Å². The molecule has 1 atom stereocenters. The SMILES string of the molecule is COc1ccc(C(Br)c2ccc(Br)cc2OC)cc1Br. The van der Waals surface area contributed by atoms with Crippen LogP contribution in [0.1, 0.15) is 16.0 Å². The van der Waals surface area contributed by atoms with E-state index < -0.39 is 0 Å². The Hall–Kier alpha value is -0.520. The Morgan fingerprint density at radius 3 is 2.20 bits per heavy atom. The molecule has 0 amide bonds. The fourth-order valence-corrected chi connectivity index (χ4v) is 3.48. The second-order valence-corrected chi connectivity index (χ2v) is 6.83. The number of hydrogen-bond donors (Lipinski definition) is 0. The van der Waals surface area contributed by atoms with E-state index in [2.05, 4.69) is 47.8 Å². The van der Waals surface area contributed by atoms with Crippen LogP contribution in [0.15, 0.2) is 45.3 Å². The van der Waals surface area contributed by atoms with E-state index in [4.69, 9.17) is 9.47 Å². The summed E-state index contributed by atoms with van der Waals surface area (Å²) < 4.78 is 12.6. The van der Waals surface area contributed by atoms with Crippen molar-refractivity contribution in [1.29, 1.82) is 0 Å². The number of benzene rings is 2. The molecular weight excluding hydrogens is 452 g/mol. The van der Waals surface area contributed by atoms with Crippen LogP contribution in [-0.4, -0.2) is 14.2 Å². The zero-order valence-electron chi connectivity index (χ0n) is 11.0. The summed E-state index contributed by atoms with van der Waals surface area (Å²) >= 11 is 10.7. The van der Waals surface area contributed by atoms with Crippen LogP contribution in [0.25, 0.3) is 0 Å². The van der Waals surface area contributed by atoms with Crippen LogP contribution in [0.2, 0.25) is 0 Å². The molecule has 20 heavy (non-hydrogen) atoms. The molecule has 0 aliphatic rings. The molecule has 0 saturated carbocycles. The summed E-state index contributed by atoms with van der Waals surface area (Å²) in [6, 6.07) is 12.0. The third-order valence-electron chi connectivity index (χ3n) is 2.94. The molecule has 0 radical (unpaired) electrons. The predicted molar refractivity (Wildman–Crippen MR) is 92.2 cm³/mol. The standard InChI is InChI=1S/C15H13Br3O2/c1-19-13-6-3-9(7-12(13)17)15(18)11-5-4-10(16)8-14(11)20-2/h3-8,15H,1-2H3. The summed E-state index contributed by atoms with van der Waals surface area (Å²) in [4.78, 5) is 0.0488. The number of ether oxygens (including phenoxy) is 2. The molecule has 106 valence electrons. The maximum atomic E-state index is 5.45. The van der Waals surface area contributed by atoms with Gasteiger partial charge < -0.3 is 9.47 Å². The molecule has 1 unspecified atom stereocenters. The summed E-state index contributed by atoms with van der Waals surface area (Å²) in [5.74, 6) is 1.66. The molecule has 0 N–H and O–H groups in total. The van der Waals surface area contributed by atoms with Crippen molar-refractivity contribution in [3.8, 4) is 11.5 Å². The van der Waals surface area contributed by atoms with Gasteiger partial charge in [-0.1, -0.05) is 44.0 Å². The predicted octanol–water partition coefficient (Wildman–Crippen LogP) is 5.71. The zero-order valence-corrected chi connectivity index (χ0v) is 15.7. The van der Waals surface area contributed by atoms with E-state index in [1.165, 1.54) is 0 Å². The second kappa shape index (κ2) is 6.96. The number of halogens is 3. The summed E-state index contributed by atoms with van der Waals surface area (Å²) in [6.07, 6.45) is 0. The van der Waals surface area contributed by atoms with E-state index >= 15 is 0 Å². The van der Waals surface area contributed by atoms with E-state index in [0.29, 0.717) is 0 Å². The summed E-state index contributed by atoms with van der Waals surface area (Å²) in [5.41, 5.74) is 2.20. The first-order valence-corrected chi connectivity index (χ1v) is 8.38. The molecule has 0 spiro atoms. The maximum absolute atomic E-state index is 5.45. The molecule has 0 aliphatic carbocycles. The minimum atomic E-state index is 0.0488. The van der Waals surface area contributed by atoms with Crippen molar-refractivity contribution >= 4 is 47.8 Å². The van der Waals surface area contributed by atoms with Crippen LogP contribution < -0.4 is 9.47 Å². The lowest BCUT2D eigenvalue weighted by Crippen LogP contribution is -1.98. The molecular formula is C15H13Br3O2. The average molecular weight is 465 g/mol. The highest BCUT2D eigenvalue weighted by Gasteiger charge is 2.16. The quantitative estimate of drug-likeness (QED) is 0.539. The molecule has 0 saturated heterocycles. The molecule has 2 rings (SSSR count). The van der Waals surface area contributed by atoms with Gasteiger partial charge in [0.1, 0.15) is 11.5 Å². The highest BCUT2D eigenvalue weighted by atomic mass is 79.9. The van der Waals surface area contributed by atoms with Crippen molar-refractivity contribution in [3.63, 3.8) is 0 Å². The topological polar surface area (TPSA) is 18.5 Å². The van der Waals surface area contributed by atoms with Gasteiger partial charge in [-0.05, 0) is 45.8 Å². The molecule has 0 aromatic heterocycles. The normalized spacial score (nSPS) is 12.1. The Morgan fingerprint density at radius 2 is 1.60 bits per heavy atom. The minimum Gasteiger partial charge on any atom is -0.496 e. The Balaban J connectivity index is 2.40. The molecule has 0 aliphatic heterocycles. The Morgan fingerprint density at radius 1 is 0.900 bits per heavy atom. The van der Waals surface area contributed by atoms with Gasteiger partial charge in [0, 0.05) is 10.0 Å². The monoisotopic (exact) mass is 462 g/mol. The number of alkyl halides is 1. The third-order valence-corrected chi connectivity index (χ3v) is 5.07. The molecule has 2 nitrogen and oxygen atoms in total. The van der Waals surface area contributed by atoms with Gasteiger partial charge in [0.15, 0.2) is 0 Å². The Bertz CT molecular complexity index is 614. The van der Waals surface area contributed by atoms with E-state index in [0.717, 1.165) is 31.6 Å². The highest BCUT2D eigenvalue weighted by molar-refractivity contribution is 9.11. The zero-order chi connectivity index (χ0) is 14.7. The van der Waals surface area contributed by atoms with Gasteiger partial charge >= 0.3 is 0 Å². The van der Waals surface area contributed by atoms with Gasteiger partial charge in [-0.15, -0.1) is 0 Å². The first-order chi connectivity index (χ1) is 9.56. The van der Waals surface area contributed by atoms with E-state index in [1.807, 2.05) is 36.4 Å². The minimum absolute atomic E-state index is 0.0488. The van der Waals surface area contributed by atoms with E-state index in [-0.39, 0.29) is 4.83 Å². The van der Waals surface area contributed by atoms with Crippen molar-refractivity contribution in [2.24, 2.45) is 0 Å². The van der Waals surface area contributed by atoms with Crippen molar-refractivity contribution in [2.45, 2.75) is 4.83 Å². The van der Waals surface area contributed by atoms with Gasteiger partial charge in [-0.25, -0.2) is 0 Å². The third kappa shape index (κ3) is 3.38. The fraction of sp³-hybridized carbons (Fsp3) is 0.200. The molecule has 0 bridgehead atoms. The average Bonchev–Trinajstić information content (AvgIpc) is 2.46. The summed E-state index contributed by atoms with van der Waals surface area (Å²) in [5, 5.41) is 0. The smallest absolute Gasteiger partial charge is 0.133 e. The fourth-order valence-electron chi connectivity index (χ4n) is 1.91. The van der Waals surface area contributed by atoms with Gasteiger partial charge in [0.2, 0.25) is 0 Å². The van der Waals surface area contributed by atoms with Crippen molar-refractivity contribution < 1.29 is 9.47 Å². The first-order valence-electron chi connectivity index (χ1n) is 5.87. The molecule has 5 heteroatoms. The van der Waals surface area contributed by atoms with Crippen molar-refractivity contribution in [3.05, 3.63) is 56.5 Å². The van der Waals surface area contributed by atoms with E-state index in [1.54, 1.807) is 14.2 Å². The van der Waals surface area contributed by atoms with Crippen LogP contribution in [0.3, 0.4) is 0 Å². The second-order valence-electron chi connectivity index (χ2n) is 4.14. The van der Waals surface area contributed by atoms with Gasteiger partial charge in [0.05, 0.1) is 23.5 Å². The summed E-state index contributed by atoms with van der Waals surface area (Å²) in [6.45, 7) is 0. The molecule has 0 fully saturated rings. The van der Waals surface area contributed by atoms with Crippen LogP contribution in [0, 0.1) is 0 Å². The summed E-state index contributed by atoms with van der Waals surface area (Å²) in [7, 11) is 3.33. The Labute approximate surface area is 143 Å². The largest absolute Gasteiger partial charge is 0.496 e. The maximum Gasteiger partial charge on any atom is 0.133 e. The number of rotatable bonds is 4. The van der Waals surface area contributed by atoms with Crippen LogP contribution in [0.4, 0.5) is 0 Å². The molecule has 2 aromatic carbocycles. The lowest BCUT2D eigenvalue weighted by atomic mass is 10.0. The Kier molecular flexibility index (Phi) is 5.52. The van der Waals surface area contributed by atoms with Crippen LogP contribution in [-0.2, 0) is 0 Å². The van der Waals surface area contributed by atoms with Gasteiger partial charge in [-0.2, -0.15) is 0 Å². The molecule has 2 aromatic rings. The number of hydrogen-bond acceptors (Lipinski definition) is 2. The lowest BCUT2D eigenvalue weighted by Gasteiger charge is -2.16. The first kappa shape index (κ1) is 15.9. The molecule has 0 heterocycles. The van der Waals surface area contributed by atoms with Crippen molar-refractivity contribution in [2.75, 3.05) is 14.2 Å². The lowest BCUT2D eigenvalue weighted by molar-refractivity contribution is 0.410.